The minimum Gasteiger partial charge on any atom is -0.326 e. The van der Waals surface area contributed by atoms with Gasteiger partial charge >= 0.3 is 0 Å². The summed E-state index contributed by atoms with van der Waals surface area (Å²) in [5.74, 6) is 0.844. The molecule has 2 nitrogen and oxygen atoms in total. The van der Waals surface area contributed by atoms with E-state index in [1.807, 2.05) is 29.8 Å². The number of halogens is 1. The third-order valence-electron chi connectivity index (χ3n) is 2.11. The van der Waals surface area contributed by atoms with Crippen molar-refractivity contribution in [3.63, 3.8) is 0 Å². The molecular weight excluding hydrogens is 260 g/mol. The summed E-state index contributed by atoms with van der Waals surface area (Å²) >= 11 is 9.51. The van der Waals surface area contributed by atoms with Gasteiger partial charge in [0.05, 0.1) is 0 Å². The van der Waals surface area contributed by atoms with Crippen molar-refractivity contribution < 1.29 is 0 Å². The van der Waals surface area contributed by atoms with Crippen molar-refractivity contribution in [2.45, 2.75) is 16.6 Å². The molecule has 2 aromatic rings. The van der Waals surface area contributed by atoms with Crippen molar-refractivity contribution >= 4 is 34.7 Å². The summed E-state index contributed by atoms with van der Waals surface area (Å²) in [6.07, 6.45) is 1.81. The second-order valence-electron chi connectivity index (χ2n) is 3.22. The molecule has 0 radical (unpaired) electrons. The lowest BCUT2D eigenvalue weighted by molar-refractivity contribution is 1.07. The van der Waals surface area contributed by atoms with Crippen molar-refractivity contribution in [2.75, 3.05) is 0 Å². The number of benzene rings is 1. The molecule has 2 rings (SSSR count). The van der Waals surface area contributed by atoms with Gasteiger partial charge in [0.25, 0.3) is 0 Å². The van der Waals surface area contributed by atoms with Crippen LogP contribution in [0.15, 0.2) is 34.1 Å². The van der Waals surface area contributed by atoms with Crippen LogP contribution in [0.5, 0.6) is 0 Å². The fourth-order valence-corrected chi connectivity index (χ4v) is 3.25. The van der Waals surface area contributed by atoms with E-state index in [2.05, 4.69) is 4.98 Å². The molecule has 5 heteroatoms. The zero-order chi connectivity index (χ0) is 11.4. The Balaban J connectivity index is 2.04. The minimum atomic E-state index is 0.527. The van der Waals surface area contributed by atoms with E-state index in [1.54, 1.807) is 23.1 Å². The molecule has 1 heterocycles. The van der Waals surface area contributed by atoms with Crippen molar-refractivity contribution in [1.82, 2.24) is 4.98 Å². The van der Waals surface area contributed by atoms with Gasteiger partial charge in [0.1, 0.15) is 4.34 Å². The van der Waals surface area contributed by atoms with Gasteiger partial charge in [0, 0.05) is 28.9 Å². The Morgan fingerprint density at radius 3 is 2.94 bits per heavy atom. The van der Waals surface area contributed by atoms with Crippen LogP contribution in [0.25, 0.3) is 0 Å². The standard InChI is InChI=1S/C11H11ClN2S2/c12-10-5-8(6-13)1-2-9(10)7-16-11-14-3-4-15-11/h1-5H,6-7,13H2. The van der Waals surface area contributed by atoms with Gasteiger partial charge in [0.15, 0.2) is 0 Å². The van der Waals surface area contributed by atoms with Crippen molar-refractivity contribution in [1.29, 1.82) is 0 Å². The Morgan fingerprint density at radius 1 is 1.44 bits per heavy atom. The topological polar surface area (TPSA) is 38.9 Å². The van der Waals surface area contributed by atoms with Gasteiger partial charge in [-0.3, -0.25) is 0 Å². The highest BCUT2D eigenvalue weighted by atomic mass is 35.5. The predicted molar refractivity (Wildman–Crippen MR) is 71.0 cm³/mol. The van der Waals surface area contributed by atoms with E-state index in [0.717, 1.165) is 26.2 Å². The van der Waals surface area contributed by atoms with Gasteiger partial charge in [-0.2, -0.15) is 0 Å². The lowest BCUT2D eigenvalue weighted by atomic mass is 10.1. The summed E-state index contributed by atoms with van der Waals surface area (Å²) in [6, 6.07) is 5.98. The highest BCUT2D eigenvalue weighted by molar-refractivity contribution is 8.00. The molecule has 0 unspecified atom stereocenters. The molecular formula is C11H11ClN2S2. The van der Waals surface area contributed by atoms with Crippen LogP contribution < -0.4 is 5.73 Å². The zero-order valence-corrected chi connectivity index (χ0v) is 10.9. The third-order valence-corrected chi connectivity index (χ3v) is 4.48. The highest BCUT2D eigenvalue weighted by Crippen LogP contribution is 2.28. The lowest BCUT2D eigenvalue weighted by Gasteiger charge is -2.04. The molecule has 0 bridgehead atoms. The summed E-state index contributed by atoms with van der Waals surface area (Å²) in [6.45, 7) is 0.527. The van der Waals surface area contributed by atoms with Crippen LogP contribution in [0.1, 0.15) is 11.1 Å². The van der Waals surface area contributed by atoms with E-state index in [4.69, 9.17) is 17.3 Å². The van der Waals surface area contributed by atoms with Crippen LogP contribution in [0.2, 0.25) is 5.02 Å². The molecule has 84 valence electrons. The largest absolute Gasteiger partial charge is 0.326 e. The van der Waals surface area contributed by atoms with Crippen LogP contribution in [-0.4, -0.2) is 4.98 Å². The predicted octanol–water partition coefficient (Wildman–Crippen LogP) is 3.55. The maximum Gasteiger partial charge on any atom is 0.150 e. The molecule has 0 aliphatic heterocycles. The SMILES string of the molecule is NCc1ccc(CSc2nccs2)c(Cl)c1. The quantitative estimate of drug-likeness (QED) is 0.864. The van der Waals surface area contributed by atoms with E-state index in [0.29, 0.717) is 6.54 Å². The molecule has 0 spiro atoms. The average molecular weight is 271 g/mol. The lowest BCUT2D eigenvalue weighted by Crippen LogP contribution is -1.96. The first-order valence-electron chi connectivity index (χ1n) is 4.79. The van der Waals surface area contributed by atoms with Crippen LogP contribution in [-0.2, 0) is 12.3 Å². The summed E-state index contributed by atoms with van der Waals surface area (Å²) in [7, 11) is 0. The van der Waals surface area contributed by atoms with Crippen LogP contribution in [0.3, 0.4) is 0 Å². The van der Waals surface area contributed by atoms with E-state index in [9.17, 15) is 0 Å². The van der Waals surface area contributed by atoms with E-state index >= 15 is 0 Å². The first-order chi connectivity index (χ1) is 7.79. The summed E-state index contributed by atoms with van der Waals surface area (Å²) in [5.41, 5.74) is 7.73. The Hall–Kier alpha value is -0.550. The second kappa shape index (κ2) is 5.68. The number of thiazole rings is 1. The smallest absolute Gasteiger partial charge is 0.150 e. The number of nitrogens with zero attached hydrogens (tertiary/aromatic N) is 1. The number of thioether (sulfide) groups is 1. The van der Waals surface area contributed by atoms with Crippen molar-refractivity contribution in [2.24, 2.45) is 5.73 Å². The number of aromatic nitrogens is 1. The molecule has 0 saturated carbocycles. The van der Waals surface area contributed by atoms with Gasteiger partial charge in [-0.1, -0.05) is 35.5 Å². The maximum atomic E-state index is 6.16. The normalized spacial score (nSPS) is 10.6. The molecule has 1 aromatic carbocycles. The average Bonchev–Trinajstić information content (AvgIpc) is 2.80. The Labute approximate surface area is 108 Å². The third kappa shape index (κ3) is 2.98. The van der Waals surface area contributed by atoms with Gasteiger partial charge in [-0.15, -0.1) is 11.3 Å². The second-order valence-corrected chi connectivity index (χ2v) is 5.74. The van der Waals surface area contributed by atoms with E-state index < -0.39 is 0 Å². The molecule has 0 fully saturated rings. The molecule has 0 amide bonds. The van der Waals surface area contributed by atoms with Crippen LogP contribution in [0.4, 0.5) is 0 Å². The first kappa shape index (κ1) is 11.9. The fraction of sp³-hybridized carbons (Fsp3) is 0.182. The first-order valence-corrected chi connectivity index (χ1v) is 7.03. The van der Waals surface area contributed by atoms with Crippen molar-refractivity contribution in [3.05, 3.63) is 45.9 Å². The Kier molecular flexibility index (Phi) is 4.23. The van der Waals surface area contributed by atoms with Gasteiger partial charge in [-0.25, -0.2) is 4.98 Å². The highest BCUT2D eigenvalue weighted by Gasteiger charge is 2.03. The summed E-state index contributed by atoms with van der Waals surface area (Å²) in [5, 5.41) is 2.76. The molecule has 2 N–H and O–H groups in total. The van der Waals surface area contributed by atoms with Gasteiger partial charge < -0.3 is 5.73 Å². The number of nitrogens with two attached hydrogens (primary N) is 1. The molecule has 0 atom stereocenters. The van der Waals surface area contributed by atoms with Crippen molar-refractivity contribution in [3.8, 4) is 0 Å². The maximum absolute atomic E-state index is 6.16. The monoisotopic (exact) mass is 270 g/mol. The van der Waals surface area contributed by atoms with E-state index in [1.165, 1.54) is 0 Å². The Morgan fingerprint density at radius 2 is 2.31 bits per heavy atom. The molecule has 0 aliphatic carbocycles. The molecule has 16 heavy (non-hydrogen) atoms. The number of rotatable bonds is 4. The molecule has 0 aliphatic rings. The summed E-state index contributed by atoms with van der Waals surface area (Å²) < 4.78 is 1.07. The summed E-state index contributed by atoms with van der Waals surface area (Å²) in [4.78, 5) is 4.21. The Bertz CT molecular complexity index is 457. The van der Waals surface area contributed by atoms with Crippen LogP contribution in [0, 0.1) is 0 Å². The van der Waals surface area contributed by atoms with E-state index in [-0.39, 0.29) is 0 Å². The minimum absolute atomic E-state index is 0.527. The molecule has 0 saturated heterocycles. The zero-order valence-electron chi connectivity index (χ0n) is 8.52. The number of hydrogen-bond donors (Lipinski definition) is 1. The van der Waals surface area contributed by atoms with Crippen LogP contribution >= 0.6 is 34.7 Å². The fourth-order valence-electron chi connectivity index (χ4n) is 1.26. The van der Waals surface area contributed by atoms with Gasteiger partial charge in [-0.05, 0) is 17.2 Å². The van der Waals surface area contributed by atoms with Gasteiger partial charge in [0.2, 0.25) is 0 Å². The number of hydrogen-bond acceptors (Lipinski definition) is 4. The molecule has 1 aromatic heterocycles.